The molecular formula is C15H21NO3. The second-order valence-corrected chi connectivity index (χ2v) is 5.67. The quantitative estimate of drug-likeness (QED) is 0.856. The van der Waals surface area contributed by atoms with Gasteiger partial charge in [0.25, 0.3) is 0 Å². The first-order valence-corrected chi connectivity index (χ1v) is 6.67. The summed E-state index contributed by atoms with van der Waals surface area (Å²) in [6.45, 7) is 5.70. The molecule has 1 aromatic rings. The molecule has 1 aliphatic heterocycles. The molecule has 1 atom stereocenters. The molecule has 4 nitrogen and oxygen atoms in total. The zero-order valence-electron chi connectivity index (χ0n) is 11.5. The van der Waals surface area contributed by atoms with Crippen LogP contribution in [0.3, 0.4) is 0 Å². The fraction of sp³-hybridized carbons (Fsp3) is 0.533. The summed E-state index contributed by atoms with van der Waals surface area (Å²) in [5, 5.41) is 12.3. The van der Waals surface area contributed by atoms with E-state index in [1.807, 2.05) is 6.07 Å². The summed E-state index contributed by atoms with van der Waals surface area (Å²) >= 11 is 0. The Labute approximate surface area is 113 Å². The average molecular weight is 263 g/mol. The summed E-state index contributed by atoms with van der Waals surface area (Å²) in [6.07, 6.45) is 2.43. The van der Waals surface area contributed by atoms with Gasteiger partial charge in [-0.05, 0) is 44.4 Å². The maximum Gasteiger partial charge on any atom is 0.335 e. The average Bonchev–Trinajstić information content (AvgIpc) is 2.69. The van der Waals surface area contributed by atoms with Crippen LogP contribution >= 0.6 is 0 Å². The van der Waals surface area contributed by atoms with Crippen molar-refractivity contribution in [1.82, 2.24) is 5.32 Å². The monoisotopic (exact) mass is 263 g/mol. The fourth-order valence-corrected chi connectivity index (χ4v) is 2.41. The first-order valence-electron chi connectivity index (χ1n) is 6.67. The fourth-order valence-electron chi connectivity index (χ4n) is 2.41. The van der Waals surface area contributed by atoms with E-state index in [1.54, 1.807) is 18.2 Å². The highest BCUT2D eigenvalue weighted by molar-refractivity contribution is 5.87. The maximum absolute atomic E-state index is 10.9. The molecular weight excluding hydrogens is 242 g/mol. The number of aromatic carboxylic acids is 1. The summed E-state index contributed by atoms with van der Waals surface area (Å²) in [7, 11) is 0. The molecule has 1 heterocycles. The molecule has 0 aliphatic carbocycles. The van der Waals surface area contributed by atoms with Crippen molar-refractivity contribution in [1.29, 1.82) is 0 Å². The molecule has 0 aromatic heterocycles. The maximum atomic E-state index is 10.9. The van der Waals surface area contributed by atoms with E-state index in [1.165, 1.54) is 0 Å². The van der Waals surface area contributed by atoms with Gasteiger partial charge in [-0.1, -0.05) is 12.1 Å². The summed E-state index contributed by atoms with van der Waals surface area (Å²) in [4.78, 5) is 10.9. The van der Waals surface area contributed by atoms with Gasteiger partial charge >= 0.3 is 5.97 Å². The van der Waals surface area contributed by atoms with Crippen LogP contribution in [-0.4, -0.2) is 29.3 Å². The molecule has 0 saturated carbocycles. The van der Waals surface area contributed by atoms with Crippen molar-refractivity contribution < 1.29 is 14.6 Å². The van der Waals surface area contributed by atoms with Gasteiger partial charge in [-0.2, -0.15) is 0 Å². The van der Waals surface area contributed by atoms with Crippen LogP contribution in [0.1, 0.15) is 42.6 Å². The largest absolute Gasteiger partial charge is 0.478 e. The molecule has 0 bridgehead atoms. The summed E-state index contributed by atoms with van der Waals surface area (Å²) in [5.74, 6) is -0.886. The molecule has 19 heavy (non-hydrogen) atoms. The second kappa shape index (κ2) is 5.72. The number of hydrogen-bond donors (Lipinski definition) is 2. The highest BCUT2D eigenvalue weighted by Crippen LogP contribution is 2.28. The zero-order valence-corrected chi connectivity index (χ0v) is 11.5. The molecule has 0 radical (unpaired) electrons. The molecule has 1 aliphatic rings. The Balaban J connectivity index is 1.80. The van der Waals surface area contributed by atoms with Crippen molar-refractivity contribution in [2.24, 2.45) is 0 Å². The van der Waals surface area contributed by atoms with Crippen LogP contribution in [0.25, 0.3) is 0 Å². The van der Waals surface area contributed by atoms with E-state index in [0.717, 1.165) is 24.9 Å². The van der Waals surface area contributed by atoms with Crippen molar-refractivity contribution in [2.45, 2.75) is 44.9 Å². The van der Waals surface area contributed by atoms with E-state index < -0.39 is 5.97 Å². The lowest BCUT2D eigenvalue weighted by Gasteiger charge is -2.19. The standard InChI is InChI=1S/C15H21NO3/c1-15(2)7-6-13(19-15)10-16-9-11-4-3-5-12(8-11)14(17)18/h3-5,8,13,16H,6-7,9-10H2,1-2H3,(H,17,18). The van der Waals surface area contributed by atoms with Crippen LogP contribution < -0.4 is 5.32 Å². The van der Waals surface area contributed by atoms with Gasteiger partial charge in [0.15, 0.2) is 0 Å². The zero-order chi connectivity index (χ0) is 13.9. The number of benzene rings is 1. The van der Waals surface area contributed by atoms with Gasteiger partial charge in [0.05, 0.1) is 17.3 Å². The molecule has 1 fully saturated rings. The lowest BCUT2D eigenvalue weighted by molar-refractivity contribution is -0.0143. The van der Waals surface area contributed by atoms with Gasteiger partial charge in [0, 0.05) is 13.1 Å². The summed E-state index contributed by atoms with van der Waals surface area (Å²) < 4.78 is 5.89. The van der Waals surface area contributed by atoms with Gasteiger partial charge in [-0.25, -0.2) is 4.79 Å². The van der Waals surface area contributed by atoms with Crippen LogP contribution in [0.2, 0.25) is 0 Å². The van der Waals surface area contributed by atoms with Crippen molar-refractivity contribution >= 4 is 5.97 Å². The third-order valence-corrected chi connectivity index (χ3v) is 3.43. The van der Waals surface area contributed by atoms with Crippen molar-refractivity contribution in [3.8, 4) is 0 Å². The van der Waals surface area contributed by atoms with Crippen LogP contribution in [0.15, 0.2) is 24.3 Å². The van der Waals surface area contributed by atoms with Crippen LogP contribution in [0, 0.1) is 0 Å². The van der Waals surface area contributed by atoms with Crippen molar-refractivity contribution in [3.63, 3.8) is 0 Å². The van der Waals surface area contributed by atoms with E-state index in [0.29, 0.717) is 12.1 Å². The van der Waals surface area contributed by atoms with E-state index >= 15 is 0 Å². The first kappa shape index (κ1) is 14.0. The molecule has 0 amide bonds. The Bertz CT molecular complexity index is 456. The molecule has 2 N–H and O–H groups in total. The Morgan fingerprint density at radius 2 is 2.32 bits per heavy atom. The topological polar surface area (TPSA) is 58.6 Å². The Hall–Kier alpha value is -1.39. The molecule has 1 aromatic carbocycles. The van der Waals surface area contributed by atoms with Gasteiger partial charge in [-0.15, -0.1) is 0 Å². The number of rotatable bonds is 5. The number of carboxylic acid groups (broad SMARTS) is 1. The van der Waals surface area contributed by atoms with Crippen molar-refractivity contribution in [3.05, 3.63) is 35.4 Å². The number of nitrogens with one attached hydrogen (secondary N) is 1. The normalized spacial score (nSPS) is 21.5. The molecule has 2 rings (SSSR count). The van der Waals surface area contributed by atoms with Crippen LogP contribution in [0.4, 0.5) is 0 Å². The SMILES string of the molecule is CC1(C)CCC(CNCc2cccc(C(=O)O)c2)O1. The minimum Gasteiger partial charge on any atom is -0.478 e. The second-order valence-electron chi connectivity index (χ2n) is 5.67. The molecule has 1 saturated heterocycles. The van der Waals surface area contributed by atoms with Gasteiger partial charge in [0.1, 0.15) is 0 Å². The minimum atomic E-state index is -0.886. The van der Waals surface area contributed by atoms with Gasteiger partial charge < -0.3 is 15.2 Å². The molecule has 104 valence electrons. The molecule has 0 spiro atoms. The van der Waals surface area contributed by atoms with Gasteiger partial charge in [-0.3, -0.25) is 0 Å². The van der Waals surface area contributed by atoms with E-state index in [2.05, 4.69) is 19.2 Å². The Morgan fingerprint density at radius 1 is 1.53 bits per heavy atom. The smallest absolute Gasteiger partial charge is 0.335 e. The highest BCUT2D eigenvalue weighted by atomic mass is 16.5. The predicted molar refractivity (Wildman–Crippen MR) is 73.3 cm³/mol. The first-order chi connectivity index (χ1) is 8.96. The number of ether oxygens (including phenoxy) is 1. The summed E-state index contributed by atoms with van der Waals surface area (Å²) in [5.41, 5.74) is 1.31. The summed E-state index contributed by atoms with van der Waals surface area (Å²) in [6, 6.07) is 7.01. The predicted octanol–water partition coefficient (Wildman–Crippen LogP) is 2.43. The minimum absolute atomic E-state index is 0.00439. The number of carboxylic acids is 1. The van der Waals surface area contributed by atoms with E-state index in [4.69, 9.17) is 9.84 Å². The third kappa shape index (κ3) is 4.04. The third-order valence-electron chi connectivity index (χ3n) is 3.43. The van der Waals surface area contributed by atoms with Gasteiger partial charge in [0.2, 0.25) is 0 Å². The van der Waals surface area contributed by atoms with Crippen LogP contribution in [0.5, 0.6) is 0 Å². The van der Waals surface area contributed by atoms with E-state index in [-0.39, 0.29) is 11.7 Å². The highest BCUT2D eigenvalue weighted by Gasteiger charge is 2.30. The molecule has 1 unspecified atom stereocenters. The number of carbonyl (C=O) groups is 1. The Morgan fingerprint density at radius 3 is 2.95 bits per heavy atom. The lowest BCUT2D eigenvalue weighted by Crippen LogP contribution is -2.29. The van der Waals surface area contributed by atoms with Crippen molar-refractivity contribution in [2.75, 3.05) is 6.54 Å². The van der Waals surface area contributed by atoms with Crippen LogP contribution in [-0.2, 0) is 11.3 Å². The molecule has 4 heteroatoms. The Kier molecular flexibility index (Phi) is 4.22. The van der Waals surface area contributed by atoms with E-state index in [9.17, 15) is 4.79 Å². The number of hydrogen-bond acceptors (Lipinski definition) is 3. The lowest BCUT2D eigenvalue weighted by atomic mass is 10.1.